The fourth-order valence-electron chi connectivity index (χ4n) is 2.33. The smallest absolute Gasteiger partial charge is 0.279 e. The largest absolute Gasteiger partial charge is 0.494 e. The molecule has 0 bridgehead atoms. The first-order valence-corrected chi connectivity index (χ1v) is 8.71. The monoisotopic (exact) mass is 374 g/mol. The second-order valence-corrected chi connectivity index (χ2v) is 5.77. The minimum absolute atomic E-state index is 0.0287. The molecule has 0 radical (unpaired) electrons. The van der Waals surface area contributed by atoms with E-state index in [0.29, 0.717) is 13.0 Å². The standard InChI is InChI=1S/C20H23FN2O4/c1-3-26-17-10-6-4-8-15(17)12-13-19(24)22-23-20(25)14(2)27-18-11-7-5-9-16(18)21/h4-11,14H,3,12-13H2,1-2H3,(H,22,24)(H,23,25)/t14-/m1/s1. The van der Waals surface area contributed by atoms with E-state index in [9.17, 15) is 14.0 Å². The first-order valence-electron chi connectivity index (χ1n) is 8.71. The zero-order chi connectivity index (χ0) is 19.6. The number of hydrazine groups is 1. The Labute approximate surface area is 157 Å². The molecule has 0 fully saturated rings. The average molecular weight is 374 g/mol. The van der Waals surface area contributed by atoms with Gasteiger partial charge in [0.1, 0.15) is 5.75 Å². The highest BCUT2D eigenvalue weighted by atomic mass is 19.1. The average Bonchev–Trinajstić information content (AvgIpc) is 2.67. The van der Waals surface area contributed by atoms with Crippen molar-refractivity contribution >= 4 is 11.8 Å². The van der Waals surface area contributed by atoms with Crippen LogP contribution < -0.4 is 20.3 Å². The summed E-state index contributed by atoms with van der Waals surface area (Å²) in [4.78, 5) is 23.9. The second kappa shape index (κ2) is 10.2. The van der Waals surface area contributed by atoms with E-state index in [1.165, 1.54) is 25.1 Å². The molecule has 6 nitrogen and oxygen atoms in total. The summed E-state index contributed by atoms with van der Waals surface area (Å²) in [5, 5.41) is 0. The summed E-state index contributed by atoms with van der Waals surface area (Å²) in [6.45, 7) is 3.90. The van der Waals surface area contributed by atoms with Gasteiger partial charge in [-0.2, -0.15) is 0 Å². The van der Waals surface area contributed by atoms with Gasteiger partial charge >= 0.3 is 0 Å². The number of ether oxygens (including phenoxy) is 2. The maximum absolute atomic E-state index is 13.5. The van der Waals surface area contributed by atoms with E-state index in [-0.39, 0.29) is 18.1 Å². The van der Waals surface area contributed by atoms with Gasteiger partial charge in [0.15, 0.2) is 17.7 Å². The van der Waals surface area contributed by atoms with Crippen LogP contribution in [0, 0.1) is 5.82 Å². The number of amides is 2. The van der Waals surface area contributed by atoms with Crippen LogP contribution in [0.1, 0.15) is 25.8 Å². The molecule has 0 spiro atoms. The predicted octanol–water partition coefficient (Wildman–Crippen LogP) is 2.77. The maximum atomic E-state index is 13.5. The lowest BCUT2D eigenvalue weighted by Crippen LogP contribution is -2.47. The first-order chi connectivity index (χ1) is 13.0. The Bertz CT molecular complexity index is 782. The highest BCUT2D eigenvalue weighted by Crippen LogP contribution is 2.19. The molecule has 0 saturated carbocycles. The minimum atomic E-state index is -0.971. The molecule has 7 heteroatoms. The number of para-hydroxylation sites is 2. The molecule has 2 amide bonds. The quantitative estimate of drug-likeness (QED) is 0.697. The highest BCUT2D eigenvalue weighted by molar-refractivity contribution is 5.84. The molecule has 2 aromatic carbocycles. The molecule has 1 atom stereocenters. The highest BCUT2D eigenvalue weighted by Gasteiger charge is 2.17. The second-order valence-electron chi connectivity index (χ2n) is 5.77. The lowest BCUT2D eigenvalue weighted by atomic mass is 10.1. The Kier molecular flexibility index (Phi) is 7.61. The van der Waals surface area contributed by atoms with Crippen LogP contribution in [0.5, 0.6) is 11.5 Å². The third kappa shape index (κ3) is 6.29. The van der Waals surface area contributed by atoms with Crippen molar-refractivity contribution in [1.29, 1.82) is 0 Å². The third-order valence-corrected chi connectivity index (χ3v) is 3.73. The number of rotatable bonds is 8. The van der Waals surface area contributed by atoms with Crippen molar-refractivity contribution in [3.05, 3.63) is 59.9 Å². The van der Waals surface area contributed by atoms with E-state index in [1.54, 1.807) is 6.07 Å². The summed E-state index contributed by atoms with van der Waals surface area (Å²) in [5.74, 6) is -0.786. The normalized spacial score (nSPS) is 11.4. The van der Waals surface area contributed by atoms with E-state index in [1.807, 2.05) is 31.2 Å². The Morgan fingerprint density at radius 3 is 2.41 bits per heavy atom. The van der Waals surface area contributed by atoms with Crippen molar-refractivity contribution in [1.82, 2.24) is 10.9 Å². The van der Waals surface area contributed by atoms with Crippen LogP contribution >= 0.6 is 0 Å². The lowest BCUT2D eigenvalue weighted by molar-refractivity contribution is -0.132. The zero-order valence-electron chi connectivity index (χ0n) is 15.3. The topological polar surface area (TPSA) is 76.7 Å². The Morgan fingerprint density at radius 2 is 1.70 bits per heavy atom. The summed E-state index contributed by atoms with van der Waals surface area (Å²) >= 11 is 0. The zero-order valence-corrected chi connectivity index (χ0v) is 15.3. The van der Waals surface area contributed by atoms with E-state index < -0.39 is 17.8 Å². The van der Waals surface area contributed by atoms with Crippen molar-refractivity contribution in [3.8, 4) is 11.5 Å². The van der Waals surface area contributed by atoms with Crippen LogP contribution in [0.4, 0.5) is 4.39 Å². The van der Waals surface area contributed by atoms with Crippen molar-refractivity contribution in [3.63, 3.8) is 0 Å². The van der Waals surface area contributed by atoms with Gasteiger partial charge in [0.25, 0.3) is 5.91 Å². The Morgan fingerprint density at radius 1 is 1.04 bits per heavy atom. The predicted molar refractivity (Wildman–Crippen MR) is 98.7 cm³/mol. The van der Waals surface area contributed by atoms with Gasteiger partial charge in [-0.15, -0.1) is 0 Å². The molecule has 144 valence electrons. The van der Waals surface area contributed by atoms with Crippen molar-refractivity contribution in [2.75, 3.05) is 6.61 Å². The van der Waals surface area contributed by atoms with Crippen molar-refractivity contribution in [2.24, 2.45) is 0 Å². The van der Waals surface area contributed by atoms with Crippen LogP contribution in [0.15, 0.2) is 48.5 Å². The van der Waals surface area contributed by atoms with E-state index in [4.69, 9.17) is 9.47 Å². The minimum Gasteiger partial charge on any atom is -0.494 e. The molecule has 2 rings (SSSR count). The van der Waals surface area contributed by atoms with Crippen LogP contribution in [0.25, 0.3) is 0 Å². The van der Waals surface area contributed by atoms with Crippen LogP contribution in [0.3, 0.4) is 0 Å². The van der Waals surface area contributed by atoms with Crippen molar-refractivity contribution in [2.45, 2.75) is 32.8 Å². The number of hydrogen-bond donors (Lipinski definition) is 2. The molecular weight excluding hydrogens is 351 g/mol. The van der Waals surface area contributed by atoms with Gasteiger partial charge in [0.05, 0.1) is 6.61 Å². The molecule has 27 heavy (non-hydrogen) atoms. The van der Waals surface area contributed by atoms with Gasteiger partial charge in [-0.05, 0) is 44.0 Å². The molecule has 0 unspecified atom stereocenters. The fraction of sp³-hybridized carbons (Fsp3) is 0.300. The van der Waals surface area contributed by atoms with Gasteiger partial charge in [-0.25, -0.2) is 4.39 Å². The van der Waals surface area contributed by atoms with Crippen LogP contribution in [-0.4, -0.2) is 24.5 Å². The number of halogens is 1. The molecule has 0 aromatic heterocycles. The number of benzene rings is 2. The number of aryl methyl sites for hydroxylation is 1. The van der Waals surface area contributed by atoms with E-state index >= 15 is 0 Å². The van der Waals surface area contributed by atoms with Gasteiger partial charge in [-0.1, -0.05) is 30.3 Å². The van der Waals surface area contributed by atoms with Gasteiger partial charge in [0, 0.05) is 6.42 Å². The maximum Gasteiger partial charge on any atom is 0.279 e. The summed E-state index contributed by atoms with van der Waals surface area (Å²) < 4.78 is 24.3. The Hall–Kier alpha value is -3.09. The first kappa shape index (κ1) is 20.2. The SMILES string of the molecule is CCOc1ccccc1CCC(=O)NNC(=O)[C@@H](C)Oc1ccccc1F. The number of carbonyl (C=O) groups is 2. The molecule has 0 aliphatic rings. The summed E-state index contributed by atoms with van der Waals surface area (Å²) in [6.07, 6.45) is -0.326. The molecule has 2 N–H and O–H groups in total. The molecule has 0 aliphatic heterocycles. The molecule has 0 heterocycles. The number of nitrogens with one attached hydrogen (secondary N) is 2. The van der Waals surface area contributed by atoms with Crippen LogP contribution in [0.2, 0.25) is 0 Å². The summed E-state index contributed by atoms with van der Waals surface area (Å²) in [5.41, 5.74) is 5.53. The lowest BCUT2D eigenvalue weighted by Gasteiger charge is -2.15. The van der Waals surface area contributed by atoms with E-state index in [2.05, 4.69) is 10.9 Å². The molecule has 2 aromatic rings. The number of carbonyl (C=O) groups excluding carboxylic acids is 2. The van der Waals surface area contributed by atoms with E-state index in [0.717, 1.165) is 11.3 Å². The van der Waals surface area contributed by atoms with Crippen LogP contribution in [-0.2, 0) is 16.0 Å². The number of hydrogen-bond acceptors (Lipinski definition) is 4. The van der Waals surface area contributed by atoms with Gasteiger partial charge < -0.3 is 9.47 Å². The summed E-state index contributed by atoms with van der Waals surface area (Å²) in [7, 11) is 0. The molecular formula is C20H23FN2O4. The summed E-state index contributed by atoms with van der Waals surface area (Å²) in [6, 6.07) is 13.3. The molecule has 0 aliphatic carbocycles. The Balaban J connectivity index is 1.78. The van der Waals surface area contributed by atoms with Crippen molar-refractivity contribution < 1.29 is 23.5 Å². The van der Waals surface area contributed by atoms with Gasteiger partial charge in [0.2, 0.25) is 5.91 Å². The third-order valence-electron chi connectivity index (χ3n) is 3.73. The molecule has 0 saturated heterocycles. The fourth-order valence-corrected chi connectivity index (χ4v) is 2.33. The van der Waals surface area contributed by atoms with Gasteiger partial charge in [-0.3, -0.25) is 20.4 Å².